The number of fused-ring (bicyclic) bond motifs is 1. The van der Waals surface area contributed by atoms with Crippen LogP contribution in [-0.4, -0.2) is 14.1 Å². The zero-order chi connectivity index (χ0) is 21.0. The van der Waals surface area contributed by atoms with Crippen LogP contribution >= 0.6 is 0 Å². The maximum atomic E-state index is 13.4. The summed E-state index contributed by atoms with van der Waals surface area (Å²) in [6, 6.07) is 30.4. The minimum absolute atomic E-state index is 0.0647. The SMILES string of the molecule is O=c1n(Cc2ccccc2)c2ncn(Cc3ccccc3)c2c[n+]1Cc1ccccc1. The minimum Gasteiger partial charge on any atom is -0.320 e. The van der Waals surface area contributed by atoms with Gasteiger partial charge >= 0.3 is 5.69 Å². The molecule has 0 unspecified atom stereocenters. The molecular formula is C26H23N4O+. The Morgan fingerprint density at radius 2 is 1.26 bits per heavy atom. The number of hydrogen-bond acceptors (Lipinski definition) is 2. The molecule has 0 spiro atoms. The van der Waals surface area contributed by atoms with Gasteiger partial charge < -0.3 is 4.57 Å². The number of hydrogen-bond donors (Lipinski definition) is 0. The van der Waals surface area contributed by atoms with Crippen molar-refractivity contribution in [1.29, 1.82) is 0 Å². The smallest absolute Gasteiger partial charge is 0.320 e. The average Bonchev–Trinajstić information content (AvgIpc) is 3.21. The van der Waals surface area contributed by atoms with E-state index < -0.39 is 0 Å². The van der Waals surface area contributed by atoms with Crippen molar-refractivity contribution in [3.63, 3.8) is 0 Å². The Bertz CT molecular complexity index is 1360. The summed E-state index contributed by atoms with van der Waals surface area (Å²) in [5.74, 6) is 0. The molecule has 0 N–H and O–H groups in total. The van der Waals surface area contributed by atoms with E-state index in [2.05, 4.69) is 21.7 Å². The molecule has 152 valence electrons. The van der Waals surface area contributed by atoms with Crippen molar-refractivity contribution < 1.29 is 4.57 Å². The second kappa shape index (κ2) is 8.40. The minimum atomic E-state index is -0.0647. The van der Waals surface area contributed by atoms with Gasteiger partial charge in [0.2, 0.25) is 0 Å². The molecule has 0 atom stereocenters. The molecule has 3 aromatic carbocycles. The lowest BCUT2D eigenvalue weighted by Crippen LogP contribution is -2.54. The number of rotatable bonds is 6. The second-order valence-corrected chi connectivity index (χ2v) is 7.66. The summed E-state index contributed by atoms with van der Waals surface area (Å²) >= 11 is 0. The van der Waals surface area contributed by atoms with Gasteiger partial charge in [0.1, 0.15) is 25.6 Å². The predicted octanol–water partition coefficient (Wildman–Crippen LogP) is 3.63. The van der Waals surface area contributed by atoms with E-state index in [1.165, 1.54) is 5.56 Å². The van der Waals surface area contributed by atoms with Crippen molar-refractivity contribution >= 4 is 11.2 Å². The van der Waals surface area contributed by atoms with Crippen molar-refractivity contribution in [2.24, 2.45) is 0 Å². The molecule has 5 heteroatoms. The van der Waals surface area contributed by atoms with Gasteiger partial charge in [-0.1, -0.05) is 91.0 Å². The van der Waals surface area contributed by atoms with Crippen LogP contribution in [0.2, 0.25) is 0 Å². The van der Waals surface area contributed by atoms with Gasteiger partial charge in [0.15, 0.2) is 5.52 Å². The Labute approximate surface area is 180 Å². The molecule has 5 nitrogen and oxygen atoms in total. The van der Waals surface area contributed by atoms with Crippen molar-refractivity contribution in [3.05, 3.63) is 131 Å². The van der Waals surface area contributed by atoms with Crippen LogP contribution in [0.15, 0.2) is 108 Å². The van der Waals surface area contributed by atoms with Gasteiger partial charge in [-0.05, 0) is 16.7 Å². The molecule has 0 aliphatic rings. The summed E-state index contributed by atoms with van der Waals surface area (Å²) in [7, 11) is 0. The van der Waals surface area contributed by atoms with Crippen molar-refractivity contribution in [3.8, 4) is 0 Å². The van der Waals surface area contributed by atoms with Crippen molar-refractivity contribution in [2.75, 3.05) is 0 Å². The second-order valence-electron chi connectivity index (χ2n) is 7.66. The van der Waals surface area contributed by atoms with E-state index in [9.17, 15) is 4.79 Å². The molecule has 0 saturated carbocycles. The molecule has 5 aromatic rings. The van der Waals surface area contributed by atoms with Crippen LogP contribution in [0.1, 0.15) is 16.7 Å². The van der Waals surface area contributed by atoms with Crippen LogP contribution in [0.25, 0.3) is 11.2 Å². The van der Waals surface area contributed by atoms with Crippen LogP contribution in [0.3, 0.4) is 0 Å². The van der Waals surface area contributed by atoms with E-state index in [0.717, 1.165) is 16.6 Å². The molecule has 2 heterocycles. The van der Waals surface area contributed by atoms with Gasteiger partial charge in [0, 0.05) is 6.54 Å². The topological polar surface area (TPSA) is 43.7 Å². The Balaban J connectivity index is 1.64. The predicted molar refractivity (Wildman–Crippen MR) is 121 cm³/mol. The van der Waals surface area contributed by atoms with E-state index >= 15 is 0 Å². The standard InChI is InChI=1S/C26H23N4O/c31-26-28(16-21-10-4-1-5-11-21)19-24-25(30(26)18-23-14-8-3-9-15-23)27-20-29(24)17-22-12-6-2-7-13-22/h1-15,19-20H,16-18H2/q+1. The fourth-order valence-electron chi connectivity index (χ4n) is 3.88. The van der Waals surface area contributed by atoms with Gasteiger partial charge in [-0.2, -0.15) is 18.9 Å². The third kappa shape index (κ3) is 4.03. The van der Waals surface area contributed by atoms with Crippen LogP contribution < -0.4 is 10.3 Å². The molecule has 0 radical (unpaired) electrons. The fourth-order valence-corrected chi connectivity index (χ4v) is 3.88. The summed E-state index contributed by atoms with van der Waals surface area (Å²) in [5.41, 5.74) is 4.93. The molecule has 0 bridgehead atoms. The van der Waals surface area contributed by atoms with E-state index in [4.69, 9.17) is 0 Å². The fraction of sp³-hybridized carbons (Fsp3) is 0.115. The summed E-state index contributed by atoms with van der Waals surface area (Å²) in [6.07, 6.45) is 3.76. The monoisotopic (exact) mass is 407 g/mol. The Morgan fingerprint density at radius 3 is 1.87 bits per heavy atom. The number of nitrogens with zero attached hydrogens (tertiary/aromatic N) is 4. The number of imidazole rings is 1. The van der Waals surface area contributed by atoms with Crippen LogP contribution in [0, 0.1) is 0 Å². The number of aromatic nitrogens is 4. The molecular weight excluding hydrogens is 384 g/mol. The number of benzene rings is 3. The first kappa shape index (κ1) is 19.0. The first-order valence-corrected chi connectivity index (χ1v) is 10.4. The average molecular weight is 407 g/mol. The van der Waals surface area contributed by atoms with Gasteiger partial charge in [-0.15, -0.1) is 0 Å². The molecule has 0 fully saturated rings. The van der Waals surface area contributed by atoms with Gasteiger partial charge in [-0.25, -0.2) is 0 Å². The summed E-state index contributed by atoms with van der Waals surface area (Å²) in [4.78, 5) is 18.1. The highest BCUT2D eigenvalue weighted by Gasteiger charge is 2.21. The van der Waals surface area contributed by atoms with Crippen molar-refractivity contribution in [1.82, 2.24) is 14.1 Å². The zero-order valence-corrected chi connectivity index (χ0v) is 17.1. The Morgan fingerprint density at radius 1 is 0.710 bits per heavy atom. The lowest BCUT2D eigenvalue weighted by molar-refractivity contribution is -0.705. The first-order valence-electron chi connectivity index (χ1n) is 10.4. The third-order valence-electron chi connectivity index (χ3n) is 5.44. The molecule has 0 aliphatic heterocycles. The van der Waals surface area contributed by atoms with E-state index in [1.54, 1.807) is 9.13 Å². The molecule has 31 heavy (non-hydrogen) atoms. The van der Waals surface area contributed by atoms with Gasteiger partial charge in [0.05, 0.1) is 0 Å². The maximum absolute atomic E-state index is 13.4. The highest BCUT2D eigenvalue weighted by atomic mass is 16.1. The first-order chi connectivity index (χ1) is 15.3. The lowest BCUT2D eigenvalue weighted by Gasteiger charge is -2.08. The largest absolute Gasteiger partial charge is 0.500 e. The van der Waals surface area contributed by atoms with Gasteiger partial charge in [-0.3, -0.25) is 0 Å². The summed E-state index contributed by atoms with van der Waals surface area (Å²) in [6.45, 7) is 1.70. The van der Waals surface area contributed by atoms with Crippen molar-refractivity contribution in [2.45, 2.75) is 19.6 Å². The normalized spacial score (nSPS) is 11.1. The molecule has 0 saturated heterocycles. The van der Waals surface area contributed by atoms with Crippen LogP contribution in [-0.2, 0) is 19.6 Å². The van der Waals surface area contributed by atoms with E-state index in [0.29, 0.717) is 25.3 Å². The van der Waals surface area contributed by atoms with Crippen LogP contribution in [0.5, 0.6) is 0 Å². The zero-order valence-electron chi connectivity index (χ0n) is 17.1. The maximum Gasteiger partial charge on any atom is 0.500 e. The highest BCUT2D eigenvalue weighted by molar-refractivity contribution is 5.69. The summed E-state index contributed by atoms with van der Waals surface area (Å²) in [5, 5.41) is 0. The van der Waals surface area contributed by atoms with E-state index in [1.807, 2.05) is 91.4 Å². The highest BCUT2D eigenvalue weighted by Crippen LogP contribution is 2.14. The molecule has 0 amide bonds. The quantitative estimate of drug-likeness (QED) is 0.404. The third-order valence-corrected chi connectivity index (χ3v) is 5.44. The molecule has 0 aliphatic carbocycles. The van der Waals surface area contributed by atoms with Crippen LogP contribution in [0.4, 0.5) is 0 Å². The lowest BCUT2D eigenvalue weighted by atomic mass is 10.2. The Kier molecular flexibility index (Phi) is 5.15. The Hall–Kier alpha value is -3.99. The van der Waals surface area contributed by atoms with E-state index in [-0.39, 0.29) is 5.69 Å². The van der Waals surface area contributed by atoms with Gasteiger partial charge in [0.25, 0.3) is 5.65 Å². The molecule has 5 rings (SSSR count). The summed E-state index contributed by atoms with van der Waals surface area (Å²) < 4.78 is 5.66. The molecule has 2 aromatic heterocycles.